The first kappa shape index (κ1) is 9.97. The van der Waals surface area contributed by atoms with Gasteiger partial charge in [-0.25, -0.2) is 0 Å². The van der Waals surface area contributed by atoms with Gasteiger partial charge >= 0.3 is 5.97 Å². The maximum Gasteiger partial charge on any atom is 0.308 e. The Morgan fingerprint density at radius 1 is 1.29 bits per heavy atom. The van der Waals surface area contributed by atoms with Crippen LogP contribution in [0.2, 0.25) is 0 Å². The van der Waals surface area contributed by atoms with Crippen LogP contribution in [-0.4, -0.2) is 18.1 Å². The highest BCUT2D eigenvalue weighted by molar-refractivity contribution is 5.71. The monoisotopic (exact) mass is 197 g/mol. The molecule has 2 N–H and O–H groups in total. The van der Waals surface area contributed by atoms with Crippen LogP contribution in [0, 0.1) is 17.8 Å². The summed E-state index contributed by atoms with van der Waals surface area (Å²) in [4.78, 5) is 11.4. The molecule has 2 fully saturated rings. The summed E-state index contributed by atoms with van der Waals surface area (Å²) in [6, 6.07) is 0.356. The van der Waals surface area contributed by atoms with Crippen molar-refractivity contribution in [2.24, 2.45) is 23.5 Å². The fourth-order valence-electron chi connectivity index (χ4n) is 2.70. The second-order valence-electron chi connectivity index (χ2n) is 5.02. The maximum atomic E-state index is 11.4. The van der Waals surface area contributed by atoms with E-state index in [4.69, 9.17) is 10.5 Å². The van der Waals surface area contributed by atoms with Gasteiger partial charge in [-0.3, -0.25) is 4.79 Å². The fourth-order valence-corrected chi connectivity index (χ4v) is 2.70. The zero-order valence-corrected chi connectivity index (χ0v) is 8.90. The molecule has 4 atom stereocenters. The van der Waals surface area contributed by atoms with Gasteiger partial charge in [0.05, 0.1) is 5.92 Å². The number of carbonyl (C=O) groups is 1. The van der Waals surface area contributed by atoms with Crippen molar-refractivity contribution in [1.82, 2.24) is 0 Å². The molecule has 2 rings (SSSR count). The molecule has 2 saturated carbocycles. The smallest absolute Gasteiger partial charge is 0.308 e. The third-order valence-corrected chi connectivity index (χ3v) is 3.59. The van der Waals surface area contributed by atoms with Crippen molar-refractivity contribution in [3.8, 4) is 0 Å². The zero-order valence-electron chi connectivity index (χ0n) is 8.90. The number of hydrogen-bond acceptors (Lipinski definition) is 3. The first-order valence-electron chi connectivity index (χ1n) is 5.54. The van der Waals surface area contributed by atoms with Crippen LogP contribution in [0.5, 0.6) is 0 Å². The van der Waals surface area contributed by atoms with Gasteiger partial charge in [-0.2, -0.15) is 0 Å². The molecular weight excluding hydrogens is 178 g/mol. The first-order valence-corrected chi connectivity index (χ1v) is 5.54. The summed E-state index contributed by atoms with van der Waals surface area (Å²) in [5, 5.41) is 0. The summed E-state index contributed by atoms with van der Waals surface area (Å²) in [5.41, 5.74) is 5.93. The number of carbonyl (C=O) groups excluding carboxylic acids is 1. The molecule has 0 aromatic carbocycles. The average Bonchev–Trinajstić information content (AvgIpc) is 2.62. The Kier molecular flexibility index (Phi) is 2.52. The number of fused-ring (bicyclic) bond motifs is 2. The van der Waals surface area contributed by atoms with E-state index in [2.05, 4.69) is 0 Å². The Balaban J connectivity index is 1.88. The molecule has 2 aliphatic rings. The van der Waals surface area contributed by atoms with Crippen molar-refractivity contribution in [3.05, 3.63) is 0 Å². The molecule has 14 heavy (non-hydrogen) atoms. The molecule has 0 saturated heterocycles. The quantitative estimate of drug-likeness (QED) is 0.679. The van der Waals surface area contributed by atoms with Gasteiger partial charge < -0.3 is 10.5 Å². The Morgan fingerprint density at radius 2 is 2.00 bits per heavy atom. The summed E-state index contributed by atoms with van der Waals surface area (Å²) in [6.45, 7) is 3.75. The van der Waals surface area contributed by atoms with E-state index in [1.165, 1.54) is 0 Å². The van der Waals surface area contributed by atoms with E-state index in [1.54, 1.807) is 0 Å². The van der Waals surface area contributed by atoms with Crippen molar-refractivity contribution in [2.45, 2.75) is 45.3 Å². The first-order chi connectivity index (χ1) is 6.58. The molecule has 3 heteroatoms. The van der Waals surface area contributed by atoms with Gasteiger partial charge in [-0.05, 0) is 31.1 Å². The summed E-state index contributed by atoms with van der Waals surface area (Å²) >= 11 is 0. The molecule has 0 aliphatic heterocycles. The van der Waals surface area contributed by atoms with Crippen LogP contribution in [0.3, 0.4) is 0 Å². The van der Waals surface area contributed by atoms with Crippen molar-refractivity contribution in [3.63, 3.8) is 0 Å². The largest absolute Gasteiger partial charge is 0.462 e. The van der Waals surface area contributed by atoms with E-state index < -0.39 is 0 Å². The molecule has 0 aromatic heterocycles. The molecule has 2 bridgehead atoms. The highest BCUT2D eigenvalue weighted by atomic mass is 16.5. The standard InChI is InChI=1S/C11H19NO2/c1-6(2)11(13)14-10-5-7-3-8(10)4-9(7)12/h6-10H,3-5,12H2,1-2H3. The van der Waals surface area contributed by atoms with Gasteiger partial charge in [0.1, 0.15) is 6.10 Å². The van der Waals surface area contributed by atoms with Crippen molar-refractivity contribution in [1.29, 1.82) is 0 Å². The van der Waals surface area contributed by atoms with Gasteiger partial charge in [0.25, 0.3) is 0 Å². The second-order valence-corrected chi connectivity index (χ2v) is 5.02. The Bertz CT molecular complexity index is 237. The number of ether oxygens (including phenoxy) is 1. The molecule has 0 radical (unpaired) electrons. The van der Waals surface area contributed by atoms with Gasteiger partial charge in [0.2, 0.25) is 0 Å². The van der Waals surface area contributed by atoms with Gasteiger partial charge in [-0.15, -0.1) is 0 Å². The molecule has 0 aromatic rings. The third-order valence-electron chi connectivity index (χ3n) is 3.59. The summed E-state index contributed by atoms with van der Waals surface area (Å²) < 4.78 is 5.46. The van der Waals surface area contributed by atoms with Crippen LogP contribution in [0.15, 0.2) is 0 Å². The van der Waals surface area contributed by atoms with E-state index in [1.807, 2.05) is 13.8 Å². The van der Waals surface area contributed by atoms with Crippen molar-refractivity contribution >= 4 is 5.97 Å². The maximum absolute atomic E-state index is 11.4. The Labute approximate surface area is 85.0 Å². The summed E-state index contributed by atoms with van der Waals surface area (Å²) in [7, 11) is 0. The molecule has 80 valence electrons. The highest BCUT2D eigenvalue weighted by Gasteiger charge is 2.46. The molecule has 0 heterocycles. The van der Waals surface area contributed by atoms with Crippen LogP contribution in [0.4, 0.5) is 0 Å². The lowest BCUT2D eigenvalue weighted by Gasteiger charge is -2.26. The van der Waals surface area contributed by atoms with Crippen molar-refractivity contribution < 1.29 is 9.53 Å². The molecule has 2 aliphatic carbocycles. The number of rotatable bonds is 2. The molecule has 0 spiro atoms. The lowest BCUT2D eigenvalue weighted by atomic mass is 9.93. The number of hydrogen-bond donors (Lipinski definition) is 1. The predicted molar refractivity (Wildman–Crippen MR) is 53.5 cm³/mol. The minimum atomic E-state index is -0.0591. The molecule has 0 amide bonds. The fraction of sp³-hybridized carbons (Fsp3) is 0.909. The normalized spacial score (nSPS) is 40.6. The van der Waals surface area contributed by atoms with Crippen LogP contribution >= 0.6 is 0 Å². The molecule has 3 nitrogen and oxygen atoms in total. The zero-order chi connectivity index (χ0) is 10.3. The van der Waals surface area contributed by atoms with E-state index in [-0.39, 0.29) is 18.0 Å². The third kappa shape index (κ3) is 1.65. The highest BCUT2D eigenvalue weighted by Crippen LogP contribution is 2.45. The summed E-state index contributed by atoms with van der Waals surface area (Å²) in [5.74, 6) is 1.07. The van der Waals surface area contributed by atoms with E-state index in [0.29, 0.717) is 17.9 Å². The van der Waals surface area contributed by atoms with E-state index in [9.17, 15) is 4.79 Å². The van der Waals surface area contributed by atoms with Crippen LogP contribution < -0.4 is 5.73 Å². The number of nitrogens with two attached hydrogens (primary N) is 1. The lowest BCUT2D eigenvalue weighted by molar-refractivity contribution is -0.155. The van der Waals surface area contributed by atoms with E-state index >= 15 is 0 Å². The van der Waals surface area contributed by atoms with Crippen LogP contribution in [0.1, 0.15) is 33.1 Å². The SMILES string of the molecule is CC(C)C(=O)OC1CC2CC1CC2N. The van der Waals surface area contributed by atoms with E-state index in [0.717, 1.165) is 19.3 Å². The molecular formula is C11H19NO2. The summed E-state index contributed by atoms with van der Waals surface area (Å²) in [6.07, 6.45) is 3.36. The minimum absolute atomic E-state index is 0.0113. The van der Waals surface area contributed by atoms with Gasteiger partial charge in [-0.1, -0.05) is 13.8 Å². The van der Waals surface area contributed by atoms with Crippen molar-refractivity contribution in [2.75, 3.05) is 0 Å². The topological polar surface area (TPSA) is 52.3 Å². The average molecular weight is 197 g/mol. The minimum Gasteiger partial charge on any atom is -0.462 e. The molecule has 4 unspecified atom stereocenters. The predicted octanol–water partition coefficient (Wildman–Crippen LogP) is 1.31. The van der Waals surface area contributed by atoms with Gasteiger partial charge in [0.15, 0.2) is 0 Å². The Morgan fingerprint density at radius 3 is 2.43 bits per heavy atom. The number of esters is 1. The lowest BCUT2D eigenvalue weighted by Crippen LogP contribution is -2.34. The van der Waals surface area contributed by atoms with Crippen LogP contribution in [-0.2, 0) is 9.53 Å². The van der Waals surface area contributed by atoms with Crippen LogP contribution in [0.25, 0.3) is 0 Å². The Hall–Kier alpha value is -0.570. The second kappa shape index (κ2) is 3.54. The van der Waals surface area contributed by atoms with Gasteiger partial charge in [0, 0.05) is 6.04 Å².